The second-order valence-electron chi connectivity index (χ2n) is 5.22. The molecule has 122 valence electrons. The highest BCUT2D eigenvalue weighted by Gasteiger charge is 2.09. The van der Waals surface area contributed by atoms with Crippen molar-refractivity contribution in [3.8, 4) is 5.75 Å². The minimum absolute atomic E-state index is 0.104. The number of aliphatic hydroxyl groups is 1. The minimum Gasteiger partial charge on any atom is -0.497 e. The van der Waals surface area contributed by atoms with Crippen LogP contribution in [-0.4, -0.2) is 24.7 Å². The van der Waals surface area contributed by atoms with Crippen LogP contribution in [0.3, 0.4) is 0 Å². The maximum absolute atomic E-state index is 12.8. The zero-order valence-corrected chi connectivity index (χ0v) is 13.0. The molecule has 0 fully saturated rings. The summed E-state index contributed by atoms with van der Waals surface area (Å²) in [6, 6.07) is 13.1. The average Bonchev–Trinajstić information content (AvgIpc) is 2.59. The van der Waals surface area contributed by atoms with Gasteiger partial charge in [-0.1, -0.05) is 24.3 Å². The summed E-state index contributed by atoms with van der Waals surface area (Å²) in [5.41, 5.74) is 1.61. The molecule has 0 saturated heterocycles. The van der Waals surface area contributed by atoms with Crippen molar-refractivity contribution in [3.63, 3.8) is 0 Å². The fraction of sp³-hybridized carbons (Fsp3) is 0.278. The first kappa shape index (κ1) is 17.0. The summed E-state index contributed by atoms with van der Waals surface area (Å²) in [7, 11) is 1.61. The first-order valence-electron chi connectivity index (χ1n) is 7.41. The summed E-state index contributed by atoms with van der Waals surface area (Å²) in [6.07, 6.45) is 0.103. The molecule has 0 aliphatic carbocycles. The van der Waals surface area contributed by atoms with Gasteiger partial charge >= 0.3 is 0 Å². The Bertz CT molecular complexity index is 626. The van der Waals surface area contributed by atoms with Crippen LogP contribution in [0.15, 0.2) is 48.5 Å². The predicted octanol–water partition coefficient (Wildman–Crippen LogP) is 2.62. The first-order valence-corrected chi connectivity index (χ1v) is 7.41. The Hall–Kier alpha value is -2.40. The number of hydrogen-bond donors (Lipinski definition) is 2. The van der Waals surface area contributed by atoms with Gasteiger partial charge in [0.1, 0.15) is 11.6 Å². The maximum Gasteiger partial charge on any atom is 0.220 e. The van der Waals surface area contributed by atoms with E-state index in [0.717, 1.165) is 11.3 Å². The van der Waals surface area contributed by atoms with Crippen LogP contribution in [0.2, 0.25) is 0 Å². The molecule has 2 rings (SSSR count). The Balaban J connectivity index is 1.74. The zero-order chi connectivity index (χ0) is 16.7. The van der Waals surface area contributed by atoms with Crippen LogP contribution < -0.4 is 10.1 Å². The van der Waals surface area contributed by atoms with Crippen LogP contribution >= 0.6 is 0 Å². The van der Waals surface area contributed by atoms with Crippen molar-refractivity contribution >= 4 is 5.91 Å². The number of nitrogens with one attached hydrogen (secondary N) is 1. The van der Waals surface area contributed by atoms with Crippen LogP contribution in [0.4, 0.5) is 4.39 Å². The van der Waals surface area contributed by atoms with Crippen molar-refractivity contribution in [1.29, 1.82) is 0 Å². The highest BCUT2D eigenvalue weighted by Crippen LogP contribution is 2.14. The highest BCUT2D eigenvalue weighted by atomic mass is 19.1. The van der Waals surface area contributed by atoms with E-state index in [9.17, 15) is 14.3 Å². The number of hydrogen-bond acceptors (Lipinski definition) is 3. The van der Waals surface area contributed by atoms with Crippen molar-refractivity contribution < 1.29 is 19.0 Å². The fourth-order valence-electron chi connectivity index (χ4n) is 2.15. The van der Waals surface area contributed by atoms with Gasteiger partial charge in [0.25, 0.3) is 0 Å². The smallest absolute Gasteiger partial charge is 0.220 e. The van der Waals surface area contributed by atoms with E-state index < -0.39 is 6.10 Å². The Kier molecular flexibility index (Phi) is 6.11. The van der Waals surface area contributed by atoms with Crippen LogP contribution in [0.25, 0.3) is 0 Å². The van der Waals surface area contributed by atoms with E-state index in [1.165, 1.54) is 24.3 Å². The van der Waals surface area contributed by atoms with Crippen LogP contribution in [0.5, 0.6) is 5.75 Å². The van der Waals surface area contributed by atoms with E-state index in [4.69, 9.17) is 4.74 Å². The largest absolute Gasteiger partial charge is 0.497 e. The lowest BCUT2D eigenvalue weighted by atomic mass is 10.1. The van der Waals surface area contributed by atoms with Crippen molar-refractivity contribution in [2.45, 2.75) is 18.9 Å². The molecule has 0 aliphatic rings. The van der Waals surface area contributed by atoms with E-state index in [-0.39, 0.29) is 18.3 Å². The van der Waals surface area contributed by atoms with Gasteiger partial charge in [-0.15, -0.1) is 0 Å². The first-order chi connectivity index (χ1) is 11.1. The molecule has 2 N–H and O–H groups in total. The Morgan fingerprint density at radius 1 is 1.17 bits per heavy atom. The molecule has 0 radical (unpaired) electrons. The topological polar surface area (TPSA) is 58.6 Å². The quantitative estimate of drug-likeness (QED) is 0.825. The molecular formula is C18H20FNO3. The molecule has 0 spiro atoms. The molecule has 0 saturated carbocycles. The van der Waals surface area contributed by atoms with Gasteiger partial charge in [-0.2, -0.15) is 0 Å². The van der Waals surface area contributed by atoms with Gasteiger partial charge < -0.3 is 15.2 Å². The fourth-order valence-corrected chi connectivity index (χ4v) is 2.15. The molecule has 0 aromatic heterocycles. The molecule has 2 aromatic rings. The number of methoxy groups -OCH3 is 1. The molecule has 1 unspecified atom stereocenters. The number of amides is 1. The van der Waals surface area contributed by atoms with E-state index in [2.05, 4.69) is 5.32 Å². The normalized spacial score (nSPS) is 11.8. The van der Waals surface area contributed by atoms with Crippen LogP contribution in [0.1, 0.15) is 23.7 Å². The van der Waals surface area contributed by atoms with Gasteiger partial charge in [-0.3, -0.25) is 4.79 Å². The van der Waals surface area contributed by atoms with E-state index >= 15 is 0 Å². The average molecular weight is 317 g/mol. The van der Waals surface area contributed by atoms with Crippen molar-refractivity contribution in [2.75, 3.05) is 13.7 Å². The number of carbonyl (C=O) groups is 1. The Morgan fingerprint density at radius 2 is 1.83 bits per heavy atom. The van der Waals surface area contributed by atoms with E-state index in [0.29, 0.717) is 18.4 Å². The molecule has 0 aliphatic heterocycles. The van der Waals surface area contributed by atoms with Gasteiger partial charge in [-0.25, -0.2) is 4.39 Å². The van der Waals surface area contributed by atoms with E-state index in [1.807, 2.05) is 24.3 Å². The number of benzene rings is 2. The van der Waals surface area contributed by atoms with Gasteiger partial charge in [0.05, 0.1) is 13.2 Å². The SMILES string of the molecule is COc1ccc(CCC(=O)NCC(O)c2ccc(F)cc2)cc1. The lowest BCUT2D eigenvalue weighted by Crippen LogP contribution is -2.28. The third kappa shape index (κ3) is 5.38. The van der Waals surface area contributed by atoms with Gasteiger partial charge in [0.2, 0.25) is 5.91 Å². The zero-order valence-electron chi connectivity index (χ0n) is 13.0. The lowest BCUT2D eigenvalue weighted by molar-refractivity contribution is -0.121. The Morgan fingerprint density at radius 3 is 2.43 bits per heavy atom. The second kappa shape index (κ2) is 8.29. The highest BCUT2D eigenvalue weighted by molar-refractivity contribution is 5.76. The summed E-state index contributed by atoms with van der Waals surface area (Å²) in [5.74, 6) is 0.284. The van der Waals surface area contributed by atoms with Crippen molar-refractivity contribution in [1.82, 2.24) is 5.32 Å². The number of carbonyl (C=O) groups excluding carboxylic acids is 1. The number of aliphatic hydroxyl groups excluding tert-OH is 1. The van der Waals surface area contributed by atoms with Gasteiger partial charge in [-0.05, 0) is 41.8 Å². The monoisotopic (exact) mass is 317 g/mol. The van der Waals surface area contributed by atoms with Crippen molar-refractivity contribution in [3.05, 3.63) is 65.5 Å². The Labute approximate surface area is 134 Å². The molecule has 0 bridgehead atoms. The molecule has 4 nitrogen and oxygen atoms in total. The standard InChI is InChI=1S/C18H20FNO3/c1-23-16-9-2-13(3-10-16)4-11-18(22)20-12-17(21)14-5-7-15(19)8-6-14/h2-3,5-10,17,21H,4,11-12H2,1H3,(H,20,22). The third-order valence-electron chi connectivity index (χ3n) is 3.55. The second-order valence-corrected chi connectivity index (χ2v) is 5.22. The molecule has 1 amide bonds. The predicted molar refractivity (Wildman–Crippen MR) is 85.7 cm³/mol. The summed E-state index contributed by atoms with van der Waals surface area (Å²) < 4.78 is 17.9. The molecule has 1 atom stereocenters. The molecule has 0 heterocycles. The summed E-state index contributed by atoms with van der Waals surface area (Å²) in [4.78, 5) is 11.8. The van der Waals surface area contributed by atoms with Crippen LogP contribution in [0, 0.1) is 5.82 Å². The number of aryl methyl sites for hydroxylation is 1. The summed E-state index contributed by atoms with van der Waals surface area (Å²) >= 11 is 0. The number of ether oxygens (including phenoxy) is 1. The molecule has 2 aromatic carbocycles. The molecular weight excluding hydrogens is 297 g/mol. The van der Waals surface area contributed by atoms with Crippen molar-refractivity contribution in [2.24, 2.45) is 0 Å². The van der Waals surface area contributed by atoms with Gasteiger partial charge in [0, 0.05) is 13.0 Å². The maximum atomic E-state index is 12.8. The molecule has 5 heteroatoms. The summed E-state index contributed by atoms with van der Waals surface area (Å²) in [6.45, 7) is 0.104. The lowest BCUT2D eigenvalue weighted by Gasteiger charge is -2.12. The van der Waals surface area contributed by atoms with Gasteiger partial charge in [0.15, 0.2) is 0 Å². The molecule has 23 heavy (non-hydrogen) atoms. The summed E-state index contributed by atoms with van der Waals surface area (Å²) in [5, 5.41) is 12.6. The third-order valence-corrected chi connectivity index (χ3v) is 3.55. The number of halogens is 1. The van der Waals surface area contributed by atoms with E-state index in [1.54, 1.807) is 7.11 Å². The van der Waals surface area contributed by atoms with Crippen LogP contribution in [-0.2, 0) is 11.2 Å². The minimum atomic E-state index is -0.847. The number of rotatable bonds is 7.